The van der Waals surface area contributed by atoms with Gasteiger partial charge >= 0.3 is 11.6 Å². The molecule has 0 fully saturated rings. The quantitative estimate of drug-likeness (QED) is 0.476. The molecule has 0 saturated carbocycles. The fourth-order valence-electron chi connectivity index (χ4n) is 2.49. The molecule has 2 rings (SSSR count). The Labute approximate surface area is 139 Å². The lowest BCUT2D eigenvalue weighted by Gasteiger charge is -2.12. The molecule has 0 aliphatic carbocycles. The zero-order chi connectivity index (χ0) is 17.9. The highest BCUT2D eigenvalue weighted by atomic mass is 16.5. The van der Waals surface area contributed by atoms with Crippen molar-refractivity contribution < 1.29 is 23.8 Å². The van der Waals surface area contributed by atoms with E-state index in [9.17, 15) is 14.4 Å². The highest BCUT2D eigenvalue weighted by Crippen LogP contribution is 2.29. The number of Topliss-reactive ketones (excluding diaryl/α,β-unsaturated/α-hetero) is 1. The van der Waals surface area contributed by atoms with Crippen LogP contribution in [0.5, 0.6) is 5.75 Å². The Morgan fingerprint density at radius 2 is 1.83 bits per heavy atom. The number of aliphatic carboxylic acids is 1. The topological polar surface area (TPSA) is 93.8 Å². The molecule has 1 N–H and O–H groups in total. The molecule has 0 bridgehead atoms. The summed E-state index contributed by atoms with van der Waals surface area (Å²) in [5.41, 5.74) is 2.34. The van der Waals surface area contributed by atoms with Crippen LogP contribution in [0.4, 0.5) is 0 Å². The van der Waals surface area contributed by atoms with Crippen LogP contribution in [0.3, 0.4) is 0 Å². The average molecular weight is 332 g/mol. The molecule has 0 unspecified atom stereocenters. The second-order valence-electron chi connectivity index (χ2n) is 5.77. The minimum atomic E-state index is -1.12. The van der Waals surface area contributed by atoms with Crippen molar-refractivity contribution in [2.75, 3.05) is 6.61 Å². The fraction of sp³-hybridized carbons (Fsp3) is 0.389. The monoisotopic (exact) mass is 332 g/mol. The van der Waals surface area contributed by atoms with Gasteiger partial charge in [0.1, 0.15) is 23.5 Å². The third kappa shape index (κ3) is 3.82. The van der Waals surface area contributed by atoms with Crippen molar-refractivity contribution in [1.29, 1.82) is 0 Å². The Bertz CT molecular complexity index is 847. The third-order valence-electron chi connectivity index (χ3n) is 4.03. The van der Waals surface area contributed by atoms with Crippen LogP contribution in [0.15, 0.2) is 21.3 Å². The predicted octanol–water partition coefficient (Wildman–Crippen LogP) is 2.92. The molecule has 128 valence electrons. The van der Waals surface area contributed by atoms with Crippen LogP contribution in [0.1, 0.15) is 36.0 Å². The lowest BCUT2D eigenvalue weighted by atomic mass is 10.0. The van der Waals surface area contributed by atoms with Crippen LogP contribution in [0.25, 0.3) is 11.0 Å². The number of carbonyl (C=O) groups is 2. The third-order valence-corrected chi connectivity index (χ3v) is 4.03. The van der Waals surface area contributed by atoms with E-state index in [1.165, 1.54) is 0 Å². The molecule has 0 saturated heterocycles. The van der Waals surface area contributed by atoms with Crippen molar-refractivity contribution in [1.82, 2.24) is 0 Å². The maximum atomic E-state index is 11.8. The highest BCUT2D eigenvalue weighted by Gasteiger charge is 2.13. The minimum absolute atomic E-state index is 0.159. The first kappa shape index (κ1) is 17.7. The Morgan fingerprint density at radius 1 is 1.12 bits per heavy atom. The van der Waals surface area contributed by atoms with E-state index in [0.717, 1.165) is 16.5 Å². The molecule has 0 aliphatic rings. The van der Waals surface area contributed by atoms with E-state index < -0.39 is 12.4 Å². The van der Waals surface area contributed by atoms with E-state index in [4.69, 9.17) is 14.3 Å². The van der Waals surface area contributed by atoms with Gasteiger partial charge in [0.25, 0.3) is 0 Å². The van der Waals surface area contributed by atoms with Gasteiger partial charge in [-0.1, -0.05) is 0 Å². The summed E-state index contributed by atoms with van der Waals surface area (Å²) in [4.78, 5) is 33.6. The molecule has 0 atom stereocenters. The lowest BCUT2D eigenvalue weighted by Crippen LogP contribution is -2.09. The van der Waals surface area contributed by atoms with Gasteiger partial charge in [-0.25, -0.2) is 4.79 Å². The number of carboxylic acids is 1. The van der Waals surface area contributed by atoms with Crippen molar-refractivity contribution in [2.24, 2.45) is 0 Å². The van der Waals surface area contributed by atoms with Crippen molar-refractivity contribution in [3.8, 4) is 5.75 Å². The van der Waals surface area contributed by atoms with Gasteiger partial charge in [0, 0.05) is 22.9 Å². The molecule has 24 heavy (non-hydrogen) atoms. The van der Waals surface area contributed by atoms with Gasteiger partial charge in [0.15, 0.2) is 0 Å². The van der Waals surface area contributed by atoms with Crippen molar-refractivity contribution >= 4 is 22.7 Å². The first-order chi connectivity index (χ1) is 11.3. The number of hydrogen-bond donors (Lipinski definition) is 1. The molecular formula is C18H20O6. The van der Waals surface area contributed by atoms with Gasteiger partial charge in [-0.05, 0) is 44.9 Å². The van der Waals surface area contributed by atoms with Crippen LogP contribution in [0.2, 0.25) is 0 Å². The molecule has 1 heterocycles. The molecule has 6 nitrogen and oxygen atoms in total. The van der Waals surface area contributed by atoms with E-state index in [0.29, 0.717) is 23.3 Å². The van der Waals surface area contributed by atoms with Crippen LogP contribution in [-0.2, 0) is 9.59 Å². The molecule has 2 aromatic rings. The smallest absolute Gasteiger partial charge is 0.339 e. The summed E-state index contributed by atoms with van der Waals surface area (Å²) in [5, 5.41) is 9.40. The van der Waals surface area contributed by atoms with Gasteiger partial charge in [0.05, 0.1) is 6.61 Å². The molecule has 1 aromatic heterocycles. The summed E-state index contributed by atoms with van der Waals surface area (Å²) in [6.07, 6.45) is 0.131. The molecule has 0 radical (unpaired) electrons. The van der Waals surface area contributed by atoms with Gasteiger partial charge in [-0.2, -0.15) is 0 Å². The van der Waals surface area contributed by atoms with Crippen LogP contribution in [-0.4, -0.2) is 23.5 Å². The number of carboxylic acid groups (broad SMARTS) is 1. The summed E-state index contributed by atoms with van der Waals surface area (Å²) in [6.45, 7) is 5.70. The van der Waals surface area contributed by atoms with Crippen LogP contribution >= 0.6 is 0 Å². The standard InChI is InChI=1S/C18H20O6/c1-10-11(2)18(22)24-17-12(3)15(7-6-14(10)17)23-8-4-5-13(19)9-16(20)21/h6-7H,4-5,8-9H2,1-3H3,(H,20,21). The van der Waals surface area contributed by atoms with Crippen LogP contribution in [0, 0.1) is 20.8 Å². The number of aryl methyl sites for hydroxylation is 2. The van der Waals surface area contributed by atoms with Crippen molar-refractivity contribution in [3.05, 3.63) is 39.2 Å². The fourth-order valence-corrected chi connectivity index (χ4v) is 2.49. The Morgan fingerprint density at radius 3 is 2.50 bits per heavy atom. The molecule has 0 amide bonds. The number of ketones is 1. The molecular weight excluding hydrogens is 312 g/mol. The molecule has 0 aliphatic heterocycles. The number of carbonyl (C=O) groups excluding carboxylic acids is 1. The lowest BCUT2D eigenvalue weighted by molar-refractivity contribution is -0.140. The zero-order valence-corrected chi connectivity index (χ0v) is 14.0. The van der Waals surface area contributed by atoms with E-state index >= 15 is 0 Å². The maximum absolute atomic E-state index is 11.8. The highest BCUT2D eigenvalue weighted by molar-refractivity contribution is 5.94. The second-order valence-corrected chi connectivity index (χ2v) is 5.77. The number of rotatable bonds is 7. The zero-order valence-electron chi connectivity index (χ0n) is 14.0. The van der Waals surface area contributed by atoms with E-state index in [2.05, 4.69) is 0 Å². The second kappa shape index (κ2) is 7.29. The summed E-state index contributed by atoms with van der Waals surface area (Å²) in [5.74, 6) is -0.856. The van der Waals surface area contributed by atoms with Gasteiger partial charge in [-0.3, -0.25) is 9.59 Å². The number of benzene rings is 1. The maximum Gasteiger partial charge on any atom is 0.339 e. The molecule has 0 spiro atoms. The van der Waals surface area contributed by atoms with Crippen molar-refractivity contribution in [2.45, 2.75) is 40.0 Å². The summed E-state index contributed by atoms with van der Waals surface area (Å²) in [7, 11) is 0. The summed E-state index contributed by atoms with van der Waals surface area (Å²) >= 11 is 0. The van der Waals surface area contributed by atoms with Gasteiger partial charge < -0.3 is 14.3 Å². The number of ether oxygens (including phenoxy) is 1. The first-order valence-corrected chi connectivity index (χ1v) is 7.71. The van der Waals surface area contributed by atoms with E-state index in [-0.39, 0.29) is 24.4 Å². The number of fused-ring (bicyclic) bond motifs is 1. The molecule has 1 aromatic carbocycles. The molecule has 6 heteroatoms. The van der Waals surface area contributed by atoms with Gasteiger partial charge in [-0.15, -0.1) is 0 Å². The van der Waals surface area contributed by atoms with E-state index in [1.54, 1.807) is 6.92 Å². The Balaban J connectivity index is 2.10. The summed E-state index contributed by atoms with van der Waals surface area (Å²) in [6, 6.07) is 3.65. The summed E-state index contributed by atoms with van der Waals surface area (Å²) < 4.78 is 11.0. The number of hydrogen-bond acceptors (Lipinski definition) is 5. The predicted molar refractivity (Wildman–Crippen MR) is 88.7 cm³/mol. The van der Waals surface area contributed by atoms with Crippen LogP contribution < -0.4 is 10.4 Å². The minimum Gasteiger partial charge on any atom is -0.493 e. The van der Waals surface area contributed by atoms with E-state index in [1.807, 2.05) is 26.0 Å². The first-order valence-electron chi connectivity index (χ1n) is 7.71. The Kier molecular flexibility index (Phi) is 5.39. The SMILES string of the molecule is Cc1c(C)c2ccc(OCCCC(=O)CC(=O)O)c(C)c2oc1=O. The normalized spacial score (nSPS) is 10.8. The van der Waals surface area contributed by atoms with Gasteiger partial charge in [0.2, 0.25) is 0 Å². The Hall–Kier alpha value is -2.63. The largest absolute Gasteiger partial charge is 0.493 e. The van der Waals surface area contributed by atoms with Crippen molar-refractivity contribution in [3.63, 3.8) is 0 Å². The average Bonchev–Trinajstić information content (AvgIpc) is 2.51.